The van der Waals surface area contributed by atoms with Gasteiger partial charge in [0, 0.05) is 6.42 Å². The zero-order valence-corrected chi connectivity index (χ0v) is 9.86. The van der Waals surface area contributed by atoms with Gasteiger partial charge in [-0.15, -0.1) is 0 Å². The summed E-state index contributed by atoms with van der Waals surface area (Å²) in [6.45, 7) is 0.384. The molecular weight excluding hydrogens is 233 g/mol. The minimum Gasteiger partial charge on any atom is -0.467 e. The van der Waals surface area contributed by atoms with Crippen LogP contribution < -0.4 is 5.32 Å². The van der Waals surface area contributed by atoms with Gasteiger partial charge in [-0.3, -0.25) is 4.79 Å². The van der Waals surface area contributed by atoms with Gasteiger partial charge >= 0.3 is 0 Å². The van der Waals surface area contributed by atoms with Gasteiger partial charge in [0.2, 0.25) is 5.91 Å². The lowest BCUT2D eigenvalue weighted by atomic mass is 10.1. The summed E-state index contributed by atoms with van der Waals surface area (Å²) in [7, 11) is 0. The van der Waals surface area contributed by atoms with E-state index in [0.29, 0.717) is 25.1 Å². The Labute approximate surface area is 105 Å². The van der Waals surface area contributed by atoms with E-state index in [2.05, 4.69) is 5.32 Å². The number of furan rings is 1. The molecule has 0 aliphatic heterocycles. The number of aryl methyl sites for hydroxylation is 1. The van der Waals surface area contributed by atoms with Crippen LogP contribution in [0.2, 0.25) is 0 Å². The first-order valence-electron chi connectivity index (χ1n) is 5.77. The van der Waals surface area contributed by atoms with E-state index in [1.165, 1.54) is 12.1 Å². The van der Waals surface area contributed by atoms with Gasteiger partial charge in [-0.05, 0) is 36.2 Å². The molecule has 0 saturated heterocycles. The van der Waals surface area contributed by atoms with Crippen molar-refractivity contribution in [3.63, 3.8) is 0 Å². The molecule has 0 radical (unpaired) electrons. The number of carbonyl (C=O) groups excluding carboxylic acids is 1. The van der Waals surface area contributed by atoms with Gasteiger partial charge in [-0.1, -0.05) is 12.1 Å². The number of amides is 1. The van der Waals surface area contributed by atoms with Gasteiger partial charge < -0.3 is 9.73 Å². The third kappa shape index (κ3) is 3.73. The molecule has 0 aliphatic carbocycles. The van der Waals surface area contributed by atoms with Gasteiger partial charge in [0.1, 0.15) is 11.6 Å². The summed E-state index contributed by atoms with van der Waals surface area (Å²) in [6, 6.07) is 9.86. The van der Waals surface area contributed by atoms with Gasteiger partial charge in [0.25, 0.3) is 0 Å². The first-order valence-corrected chi connectivity index (χ1v) is 5.77. The summed E-state index contributed by atoms with van der Waals surface area (Å²) in [4.78, 5) is 11.5. The summed E-state index contributed by atoms with van der Waals surface area (Å²) in [6.07, 6.45) is 2.43. The molecule has 0 aliphatic rings. The fraction of sp³-hybridized carbons (Fsp3) is 0.214. The Bertz CT molecular complexity index is 508. The molecule has 0 spiro atoms. The zero-order valence-electron chi connectivity index (χ0n) is 9.86. The summed E-state index contributed by atoms with van der Waals surface area (Å²) >= 11 is 0. The molecule has 0 saturated carbocycles. The Hall–Kier alpha value is -2.10. The SMILES string of the molecule is O=C(CCc1cccc(F)c1)NCc1ccco1. The monoisotopic (exact) mass is 247 g/mol. The molecule has 0 unspecified atom stereocenters. The van der Waals surface area contributed by atoms with Crippen LogP contribution in [0.1, 0.15) is 17.7 Å². The number of halogens is 1. The molecule has 0 atom stereocenters. The van der Waals surface area contributed by atoms with Crippen LogP contribution in [0.4, 0.5) is 4.39 Å². The Morgan fingerprint density at radius 2 is 2.17 bits per heavy atom. The van der Waals surface area contributed by atoms with Crippen LogP contribution >= 0.6 is 0 Å². The van der Waals surface area contributed by atoms with Crippen molar-refractivity contribution in [1.82, 2.24) is 5.32 Å². The van der Waals surface area contributed by atoms with Gasteiger partial charge in [0.15, 0.2) is 0 Å². The van der Waals surface area contributed by atoms with Crippen LogP contribution in [0.5, 0.6) is 0 Å². The molecule has 0 bridgehead atoms. The van der Waals surface area contributed by atoms with E-state index in [4.69, 9.17) is 4.42 Å². The number of hydrogen-bond acceptors (Lipinski definition) is 2. The largest absolute Gasteiger partial charge is 0.467 e. The van der Waals surface area contributed by atoms with Crippen molar-refractivity contribution in [3.8, 4) is 0 Å². The molecular formula is C14H14FNO2. The van der Waals surface area contributed by atoms with Crippen LogP contribution in [-0.2, 0) is 17.8 Å². The summed E-state index contributed by atoms with van der Waals surface area (Å²) in [5.41, 5.74) is 0.822. The number of hydrogen-bond donors (Lipinski definition) is 1. The molecule has 2 rings (SSSR count). The maximum Gasteiger partial charge on any atom is 0.220 e. The van der Waals surface area contributed by atoms with Crippen molar-refractivity contribution in [1.29, 1.82) is 0 Å². The molecule has 0 fully saturated rings. The van der Waals surface area contributed by atoms with Gasteiger partial charge in [-0.25, -0.2) is 4.39 Å². The highest BCUT2D eigenvalue weighted by Crippen LogP contribution is 2.06. The van der Waals surface area contributed by atoms with E-state index in [1.807, 2.05) is 6.07 Å². The fourth-order valence-electron chi connectivity index (χ4n) is 1.64. The first kappa shape index (κ1) is 12.4. The molecule has 18 heavy (non-hydrogen) atoms. The van der Waals surface area contributed by atoms with Crippen LogP contribution in [0, 0.1) is 5.82 Å². The van der Waals surface area contributed by atoms with E-state index in [-0.39, 0.29) is 11.7 Å². The molecule has 1 amide bonds. The molecule has 4 heteroatoms. The van der Waals surface area contributed by atoms with E-state index in [9.17, 15) is 9.18 Å². The summed E-state index contributed by atoms with van der Waals surface area (Å²) in [5.74, 6) is 0.369. The average molecular weight is 247 g/mol. The smallest absolute Gasteiger partial charge is 0.220 e. The number of nitrogens with one attached hydrogen (secondary N) is 1. The van der Waals surface area contributed by atoms with Crippen molar-refractivity contribution >= 4 is 5.91 Å². The number of benzene rings is 1. The van der Waals surface area contributed by atoms with Crippen LogP contribution in [-0.4, -0.2) is 5.91 Å². The van der Waals surface area contributed by atoms with Crippen LogP contribution in [0.3, 0.4) is 0 Å². The molecule has 1 heterocycles. The van der Waals surface area contributed by atoms with Crippen molar-refractivity contribution in [3.05, 3.63) is 59.8 Å². The first-order chi connectivity index (χ1) is 8.74. The molecule has 1 aromatic carbocycles. The highest BCUT2D eigenvalue weighted by molar-refractivity contribution is 5.76. The Balaban J connectivity index is 1.75. The zero-order chi connectivity index (χ0) is 12.8. The topological polar surface area (TPSA) is 42.2 Å². The maximum atomic E-state index is 12.9. The highest BCUT2D eigenvalue weighted by Gasteiger charge is 2.04. The average Bonchev–Trinajstić information content (AvgIpc) is 2.87. The van der Waals surface area contributed by atoms with Gasteiger partial charge in [0.05, 0.1) is 12.8 Å². The fourth-order valence-corrected chi connectivity index (χ4v) is 1.64. The lowest BCUT2D eigenvalue weighted by Crippen LogP contribution is -2.22. The minimum atomic E-state index is -0.275. The molecule has 3 nitrogen and oxygen atoms in total. The Morgan fingerprint density at radius 1 is 1.28 bits per heavy atom. The third-order valence-electron chi connectivity index (χ3n) is 2.57. The van der Waals surface area contributed by atoms with Crippen LogP contribution in [0.25, 0.3) is 0 Å². The second-order valence-electron chi connectivity index (χ2n) is 3.99. The van der Waals surface area contributed by atoms with Gasteiger partial charge in [-0.2, -0.15) is 0 Å². The quantitative estimate of drug-likeness (QED) is 0.882. The number of rotatable bonds is 5. The normalized spacial score (nSPS) is 10.3. The maximum absolute atomic E-state index is 12.9. The highest BCUT2D eigenvalue weighted by atomic mass is 19.1. The molecule has 2 aromatic rings. The van der Waals surface area contributed by atoms with E-state index >= 15 is 0 Å². The predicted molar refractivity (Wildman–Crippen MR) is 65.3 cm³/mol. The second kappa shape index (κ2) is 6.00. The van der Waals surface area contributed by atoms with Crippen LogP contribution in [0.15, 0.2) is 47.1 Å². The Morgan fingerprint density at radius 3 is 2.89 bits per heavy atom. The summed E-state index contributed by atoms with van der Waals surface area (Å²) in [5, 5.41) is 2.74. The molecule has 1 aromatic heterocycles. The van der Waals surface area contributed by atoms with E-state index in [0.717, 1.165) is 5.56 Å². The lowest BCUT2D eigenvalue weighted by Gasteiger charge is -2.03. The van der Waals surface area contributed by atoms with Crippen molar-refractivity contribution in [2.45, 2.75) is 19.4 Å². The third-order valence-corrected chi connectivity index (χ3v) is 2.57. The van der Waals surface area contributed by atoms with Crippen molar-refractivity contribution in [2.24, 2.45) is 0 Å². The van der Waals surface area contributed by atoms with Crippen molar-refractivity contribution < 1.29 is 13.6 Å². The predicted octanol–water partition coefficient (Wildman–Crippen LogP) is 2.67. The second-order valence-corrected chi connectivity index (χ2v) is 3.99. The van der Waals surface area contributed by atoms with Crippen molar-refractivity contribution in [2.75, 3.05) is 0 Å². The van der Waals surface area contributed by atoms with E-state index in [1.54, 1.807) is 24.5 Å². The minimum absolute atomic E-state index is 0.0735. The standard InChI is InChI=1S/C14H14FNO2/c15-12-4-1-3-11(9-12)6-7-14(17)16-10-13-5-2-8-18-13/h1-5,8-9H,6-7,10H2,(H,16,17). The molecule has 94 valence electrons. The lowest BCUT2D eigenvalue weighted by molar-refractivity contribution is -0.121. The molecule has 1 N–H and O–H groups in total. The summed E-state index contributed by atoms with van der Waals surface area (Å²) < 4.78 is 18.0. The Kier molecular flexibility index (Phi) is 4.12. The number of carbonyl (C=O) groups is 1. The van der Waals surface area contributed by atoms with E-state index < -0.39 is 0 Å².